The number of aromatic amines is 1. The molecule has 0 amide bonds. The number of halogens is 1. The average molecular weight is 333 g/mol. The lowest BCUT2D eigenvalue weighted by atomic mass is 9.99. The zero-order chi connectivity index (χ0) is 11.6. The maximum absolute atomic E-state index is 10.9. The van der Waals surface area contributed by atoms with E-state index in [1.165, 1.54) is 18.9 Å². The van der Waals surface area contributed by atoms with Gasteiger partial charge in [-0.1, -0.05) is 29.5 Å². The molecule has 0 radical (unpaired) electrons. The first-order chi connectivity index (χ1) is 7.55. The fourth-order valence-electron chi connectivity index (χ4n) is 1.87. The lowest BCUT2D eigenvalue weighted by Gasteiger charge is -2.35. The number of hydrogen-bond acceptors (Lipinski definition) is 3. The lowest BCUT2D eigenvalue weighted by Crippen LogP contribution is -2.38. The quantitative estimate of drug-likeness (QED) is 0.660. The van der Waals surface area contributed by atoms with Crippen molar-refractivity contribution in [3.63, 3.8) is 0 Å². The van der Waals surface area contributed by atoms with Gasteiger partial charge in [0.1, 0.15) is 0 Å². The van der Waals surface area contributed by atoms with Crippen LogP contribution in [0.2, 0.25) is 0 Å². The van der Waals surface area contributed by atoms with Gasteiger partial charge in [-0.15, -0.1) is 0 Å². The summed E-state index contributed by atoms with van der Waals surface area (Å²) < 4.78 is 0.451. The normalized spacial score (nSPS) is 20.9. The maximum Gasteiger partial charge on any atom is 0.264 e. The number of aromatic nitrogens is 2. The van der Waals surface area contributed by atoms with Crippen LogP contribution in [0, 0.1) is 0 Å². The van der Waals surface area contributed by atoms with Crippen molar-refractivity contribution < 1.29 is 0 Å². The summed E-state index contributed by atoms with van der Waals surface area (Å²) >= 11 is 2.55. The SMILES string of the molecule is CC1(I)CCN(Cc2ccc(=O)[nH]n2)CC1. The number of alkyl halides is 1. The minimum atomic E-state index is -0.137. The van der Waals surface area contributed by atoms with E-state index in [-0.39, 0.29) is 5.56 Å². The van der Waals surface area contributed by atoms with Gasteiger partial charge in [0.15, 0.2) is 0 Å². The molecule has 1 N–H and O–H groups in total. The highest BCUT2D eigenvalue weighted by molar-refractivity contribution is 14.1. The molecule has 16 heavy (non-hydrogen) atoms. The number of piperidine rings is 1. The smallest absolute Gasteiger partial charge is 0.264 e. The molecule has 0 saturated carbocycles. The molecule has 0 aromatic carbocycles. The molecule has 0 unspecified atom stereocenters. The molecule has 1 aliphatic rings. The highest BCUT2D eigenvalue weighted by atomic mass is 127. The van der Waals surface area contributed by atoms with Gasteiger partial charge in [-0.05, 0) is 32.0 Å². The third kappa shape index (κ3) is 3.28. The third-order valence-corrected chi connectivity index (χ3v) is 4.10. The number of rotatable bonds is 2. The molecular weight excluding hydrogens is 317 g/mol. The standard InChI is InChI=1S/C11H16IN3O/c1-11(12)4-6-15(7-5-11)8-9-2-3-10(16)14-13-9/h2-3H,4-8H2,1H3,(H,14,16). The summed E-state index contributed by atoms with van der Waals surface area (Å²) in [4.78, 5) is 13.3. The second-order valence-corrected chi connectivity index (χ2v) is 7.21. The van der Waals surface area contributed by atoms with Gasteiger partial charge in [0.2, 0.25) is 0 Å². The Morgan fingerprint density at radius 1 is 1.50 bits per heavy atom. The van der Waals surface area contributed by atoms with Crippen LogP contribution in [0.15, 0.2) is 16.9 Å². The second-order valence-electron chi connectivity index (χ2n) is 4.60. The highest BCUT2D eigenvalue weighted by Crippen LogP contribution is 2.31. The Kier molecular flexibility index (Phi) is 3.63. The molecule has 0 aliphatic carbocycles. The van der Waals surface area contributed by atoms with Gasteiger partial charge in [0.25, 0.3) is 5.56 Å². The van der Waals surface area contributed by atoms with Gasteiger partial charge in [-0.3, -0.25) is 9.69 Å². The summed E-state index contributed by atoms with van der Waals surface area (Å²) in [6.07, 6.45) is 2.44. The molecule has 1 fully saturated rings. The summed E-state index contributed by atoms with van der Waals surface area (Å²) in [6.45, 7) is 5.37. The van der Waals surface area contributed by atoms with E-state index >= 15 is 0 Å². The van der Waals surface area contributed by atoms with E-state index in [0.717, 1.165) is 25.3 Å². The summed E-state index contributed by atoms with van der Waals surface area (Å²) in [5, 5.41) is 6.50. The van der Waals surface area contributed by atoms with Crippen molar-refractivity contribution in [2.45, 2.75) is 29.7 Å². The number of likely N-dealkylation sites (tertiary alicyclic amines) is 1. The van der Waals surface area contributed by atoms with Gasteiger partial charge in [-0.2, -0.15) is 5.10 Å². The molecule has 4 nitrogen and oxygen atoms in total. The molecule has 88 valence electrons. The summed E-state index contributed by atoms with van der Waals surface area (Å²) in [7, 11) is 0. The van der Waals surface area contributed by atoms with Crippen LogP contribution in [0.25, 0.3) is 0 Å². The first kappa shape index (κ1) is 12.0. The minimum Gasteiger partial charge on any atom is -0.297 e. The molecule has 1 saturated heterocycles. The number of hydrogen-bond donors (Lipinski definition) is 1. The van der Waals surface area contributed by atoms with Crippen LogP contribution in [-0.2, 0) is 6.54 Å². The number of H-pyrrole nitrogens is 1. The molecule has 0 spiro atoms. The lowest BCUT2D eigenvalue weighted by molar-refractivity contribution is 0.201. The van der Waals surface area contributed by atoms with Crippen LogP contribution in [0.3, 0.4) is 0 Å². The van der Waals surface area contributed by atoms with Gasteiger partial charge < -0.3 is 0 Å². The Balaban J connectivity index is 1.92. The molecule has 1 aliphatic heterocycles. The van der Waals surface area contributed by atoms with Crippen molar-refractivity contribution in [2.75, 3.05) is 13.1 Å². The summed E-state index contributed by atoms with van der Waals surface area (Å²) in [5.74, 6) is 0. The van der Waals surface area contributed by atoms with Crippen LogP contribution in [0.1, 0.15) is 25.5 Å². The van der Waals surface area contributed by atoms with Crippen molar-refractivity contribution in [1.82, 2.24) is 15.1 Å². The maximum atomic E-state index is 10.9. The van der Waals surface area contributed by atoms with Crippen molar-refractivity contribution >= 4 is 22.6 Å². The van der Waals surface area contributed by atoms with Crippen LogP contribution in [0.5, 0.6) is 0 Å². The first-order valence-corrected chi connectivity index (χ1v) is 6.59. The van der Waals surface area contributed by atoms with Crippen LogP contribution >= 0.6 is 22.6 Å². The fraction of sp³-hybridized carbons (Fsp3) is 0.636. The van der Waals surface area contributed by atoms with E-state index < -0.39 is 0 Å². The Bertz CT molecular complexity index is 385. The van der Waals surface area contributed by atoms with E-state index in [9.17, 15) is 4.79 Å². The minimum absolute atomic E-state index is 0.137. The topological polar surface area (TPSA) is 49.0 Å². The molecule has 0 bridgehead atoms. The predicted octanol–water partition coefficient (Wildman–Crippen LogP) is 1.56. The number of nitrogens with zero attached hydrogens (tertiary/aromatic N) is 2. The molecule has 2 rings (SSSR count). The molecule has 1 aromatic rings. The van der Waals surface area contributed by atoms with Crippen LogP contribution < -0.4 is 5.56 Å². The molecule has 2 heterocycles. The highest BCUT2D eigenvalue weighted by Gasteiger charge is 2.26. The Labute approximate surface area is 109 Å². The van der Waals surface area contributed by atoms with Gasteiger partial charge in [-0.25, -0.2) is 5.10 Å². The largest absolute Gasteiger partial charge is 0.297 e. The van der Waals surface area contributed by atoms with Crippen LogP contribution in [0.4, 0.5) is 0 Å². The van der Waals surface area contributed by atoms with E-state index in [4.69, 9.17) is 0 Å². The molecule has 5 heteroatoms. The van der Waals surface area contributed by atoms with Gasteiger partial charge >= 0.3 is 0 Å². The zero-order valence-electron chi connectivity index (χ0n) is 9.37. The summed E-state index contributed by atoms with van der Waals surface area (Å²) in [6, 6.07) is 3.34. The van der Waals surface area contributed by atoms with Crippen LogP contribution in [-0.4, -0.2) is 31.6 Å². The Hall–Kier alpha value is -0.430. The average Bonchev–Trinajstić information content (AvgIpc) is 2.24. The van der Waals surface area contributed by atoms with Crippen molar-refractivity contribution in [2.24, 2.45) is 0 Å². The second kappa shape index (κ2) is 4.83. The molecule has 0 atom stereocenters. The van der Waals surface area contributed by atoms with Gasteiger partial charge in [0, 0.05) is 16.0 Å². The van der Waals surface area contributed by atoms with Crippen molar-refractivity contribution in [3.05, 3.63) is 28.2 Å². The fourth-order valence-corrected chi connectivity index (χ4v) is 2.35. The predicted molar refractivity (Wildman–Crippen MR) is 71.8 cm³/mol. The molecule has 1 aromatic heterocycles. The van der Waals surface area contributed by atoms with E-state index in [1.807, 2.05) is 0 Å². The Morgan fingerprint density at radius 3 is 2.75 bits per heavy atom. The van der Waals surface area contributed by atoms with E-state index in [1.54, 1.807) is 6.07 Å². The van der Waals surface area contributed by atoms with Crippen molar-refractivity contribution in [3.8, 4) is 0 Å². The molecular formula is C11H16IN3O. The first-order valence-electron chi connectivity index (χ1n) is 5.51. The van der Waals surface area contributed by atoms with Gasteiger partial charge in [0.05, 0.1) is 5.69 Å². The number of nitrogens with one attached hydrogen (secondary N) is 1. The van der Waals surface area contributed by atoms with E-state index in [0.29, 0.717) is 3.42 Å². The summed E-state index contributed by atoms with van der Waals surface area (Å²) in [5.41, 5.74) is 0.805. The zero-order valence-corrected chi connectivity index (χ0v) is 11.5. The van der Waals surface area contributed by atoms with Crippen molar-refractivity contribution in [1.29, 1.82) is 0 Å². The third-order valence-electron chi connectivity index (χ3n) is 3.02. The monoisotopic (exact) mass is 333 g/mol. The Morgan fingerprint density at radius 2 is 2.19 bits per heavy atom. The van der Waals surface area contributed by atoms with E-state index in [2.05, 4.69) is 44.6 Å².